The van der Waals surface area contributed by atoms with Gasteiger partial charge in [-0.1, -0.05) is 59.4 Å². The van der Waals surface area contributed by atoms with Crippen molar-refractivity contribution < 1.29 is 4.79 Å². The second kappa shape index (κ2) is 5.85. The molecule has 2 aromatic heterocycles. The first-order chi connectivity index (χ1) is 13.1. The van der Waals surface area contributed by atoms with Crippen molar-refractivity contribution in [2.24, 2.45) is 0 Å². The Morgan fingerprint density at radius 1 is 1.04 bits per heavy atom. The van der Waals surface area contributed by atoms with Gasteiger partial charge in [0.1, 0.15) is 10.9 Å². The quantitative estimate of drug-likeness (QED) is 0.538. The number of para-hydroxylation sites is 1. The van der Waals surface area contributed by atoms with Crippen LogP contribution in [0.25, 0.3) is 10.5 Å². The summed E-state index contributed by atoms with van der Waals surface area (Å²) in [6.07, 6.45) is 1.34. The Morgan fingerprint density at radius 2 is 1.81 bits per heavy atom. The number of benzene rings is 2. The highest BCUT2D eigenvalue weighted by Crippen LogP contribution is 2.36. The molecule has 1 aliphatic rings. The first-order valence-electron chi connectivity index (χ1n) is 8.47. The van der Waals surface area contributed by atoms with E-state index in [2.05, 4.69) is 10.1 Å². The van der Waals surface area contributed by atoms with Crippen LogP contribution in [0.5, 0.6) is 0 Å². The summed E-state index contributed by atoms with van der Waals surface area (Å²) in [6, 6.07) is 15.7. The molecule has 0 radical (unpaired) electrons. The molecule has 7 heteroatoms. The highest BCUT2D eigenvalue weighted by Gasteiger charge is 2.34. The maximum atomic E-state index is 13.3. The molecule has 0 saturated carbocycles. The van der Waals surface area contributed by atoms with Crippen molar-refractivity contribution in [2.75, 3.05) is 4.90 Å². The lowest BCUT2D eigenvalue weighted by Crippen LogP contribution is -2.32. The number of anilines is 1. The van der Waals surface area contributed by atoms with Crippen molar-refractivity contribution in [1.29, 1.82) is 0 Å². The van der Waals surface area contributed by atoms with Gasteiger partial charge >= 0.3 is 0 Å². The second-order valence-corrected chi connectivity index (χ2v) is 7.44. The molecule has 1 aliphatic heterocycles. The smallest absolute Gasteiger partial charge is 0.291 e. The first-order valence-corrected chi connectivity index (χ1v) is 9.29. The van der Waals surface area contributed by atoms with Gasteiger partial charge in [0, 0.05) is 5.56 Å². The van der Waals surface area contributed by atoms with Gasteiger partial charge in [0.05, 0.1) is 17.8 Å². The predicted octanol–water partition coefficient (Wildman–Crippen LogP) is 1.92. The molecule has 0 aliphatic carbocycles. The molecule has 5 rings (SSSR count). The van der Waals surface area contributed by atoms with E-state index in [4.69, 9.17) is 0 Å². The lowest BCUT2D eigenvalue weighted by atomic mass is 10.1. The molecular formula is C20H14N4O2S. The molecule has 0 bridgehead atoms. The Labute approximate surface area is 158 Å². The fraction of sp³-hybridized carbons (Fsp3) is 0.100. The number of nitrogens with zero attached hydrogens (tertiary/aromatic N) is 4. The van der Waals surface area contributed by atoms with E-state index in [0.717, 1.165) is 16.8 Å². The van der Waals surface area contributed by atoms with Crippen LogP contribution in [0.4, 0.5) is 5.69 Å². The highest BCUT2D eigenvalue weighted by molar-refractivity contribution is 7.15. The normalized spacial score (nSPS) is 15.6. The second-order valence-electron chi connectivity index (χ2n) is 6.46. The zero-order valence-electron chi connectivity index (χ0n) is 14.4. The van der Waals surface area contributed by atoms with Crippen molar-refractivity contribution in [1.82, 2.24) is 14.6 Å². The third kappa shape index (κ3) is 2.39. The molecule has 3 heterocycles. The van der Waals surface area contributed by atoms with E-state index < -0.39 is 0 Å². The monoisotopic (exact) mass is 374 g/mol. The van der Waals surface area contributed by atoms with Gasteiger partial charge in [0.15, 0.2) is 0 Å². The minimum Gasteiger partial charge on any atom is -0.303 e. The summed E-state index contributed by atoms with van der Waals surface area (Å²) in [5, 5.41) is 3.95. The van der Waals surface area contributed by atoms with Crippen LogP contribution >= 0.6 is 11.3 Å². The van der Waals surface area contributed by atoms with E-state index in [-0.39, 0.29) is 11.5 Å². The number of rotatable bonds is 2. The van der Waals surface area contributed by atoms with Gasteiger partial charge in [-0.05, 0) is 18.6 Å². The number of fused-ring (bicyclic) bond motifs is 2. The van der Waals surface area contributed by atoms with E-state index in [0.29, 0.717) is 21.6 Å². The Morgan fingerprint density at radius 3 is 2.59 bits per heavy atom. The summed E-state index contributed by atoms with van der Waals surface area (Å²) in [5.74, 6) is -0.168. The highest BCUT2D eigenvalue weighted by atomic mass is 32.1. The minimum absolute atomic E-state index is 0.168. The molecule has 2 aromatic carbocycles. The molecule has 0 saturated heterocycles. The van der Waals surface area contributed by atoms with Crippen molar-refractivity contribution in [2.45, 2.75) is 13.5 Å². The van der Waals surface area contributed by atoms with Gasteiger partial charge in [-0.3, -0.25) is 9.59 Å². The van der Waals surface area contributed by atoms with E-state index in [1.807, 2.05) is 55.5 Å². The molecule has 1 amide bonds. The Hall–Kier alpha value is -3.32. The number of aryl methyl sites for hydroxylation is 1. The van der Waals surface area contributed by atoms with Gasteiger partial charge < -0.3 is 4.90 Å². The number of aromatic nitrogens is 3. The zero-order valence-corrected chi connectivity index (χ0v) is 15.2. The molecular weight excluding hydrogens is 360 g/mol. The number of carbonyl (C=O) groups excluding carboxylic acids is 1. The molecule has 27 heavy (non-hydrogen) atoms. The van der Waals surface area contributed by atoms with Gasteiger partial charge in [-0.15, -0.1) is 0 Å². The van der Waals surface area contributed by atoms with Crippen LogP contribution in [0.3, 0.4) is 0 Å². The molecule has 0 unspecified atom stereocenters. The molecule has 0 atom stereocenters. The molecule has 0 fully saturated rings. The van der Waals surface area contributed by atoms with Crippen molar-refractivity contribution in [3.05, 3.63) is 86.4 Å². The summed E-state index contributed by atoms with van der Waals surface area (Å²) < 4.78 is 1.63. The maximum Gasteiger partial charge on any atom is 0.291 e. The number of thiazole rings is 1. The molecule has 6 nitrogen and oxygen atoms in total. The van der Waals surface area contributed by atoms with Crippen molar-refractivity contribution >= 4 is 33.5 Å². The third-order valence-corrected chi connectivity index (χ3v) is 5.75. The van der Waals surface area contributed by atoms with Crippen LogP contribution < -0.4 is 15.0 Å². The van der Waals surface area contributed by atoms with Crippen LogP contribution in [0.15, 0.2) is 59.7 Å². The summed E-state index contributed by atoms with van der Waals surface area (Å²) >= 11 is 1.20. The van der Waals surface area contributed by atoms with E-state index >= 15 is 0 Å². The first kappa shape index (κ1) is 15.9. The standard InChI is InChI=1S/C20H14N4O2S/c1-12-6-8-13(9-7-12)10-23-15-5-3-2-4-14(15)16(18(23)25)17-19(26)24-20(27-17)21-11-22-24/h2-9,11H,10H2,1H3. The minimum atomic E-state index is -0.303. The Kier molecular flexibility index (Phi) is 3.45. The van der Waals surface area contributed by atoms with E-state index in [1.165, 1.54) is 27.7 Å². The van der Waals surface area contributed by atoms with E-state index in [9.17, 15) is 9.59 Å². The lowest BCUT2D eigenvalue weighted by molar-refractivity contribution is -0.113. The topological polar surface area (TPSA) is 67.6 Å². The Bertz CT molecular complexity index is 1300. The van der Waals surface area contributed by atoms with Crippen LogP contribution in [0.1, 0.15) is 16.7 Å². The van der Waals surface area contributed by atoms with Gasteiger partial charge in [0.2, 0.25) is 4.96 Å². The molecule has 132 valence electrons. The van der Waals surface area contributed by atoms with Gasteiger partial charge in [0.25, 0.3) is 11.5 Å². The predicted molar refractivity (Wildman–Crippen MR) is 104 cm³/mol. The average Bonchev–Trinajstić information content (AvgIpc) is 3.32. The number of carbonyl (C=O) groups is 1. The van der Waals surface area contributed by atoms with E-state index in [1.54, 1.807) is 4.90 Å². The fourth-order valence-corrected chi connectivity index (χ4v) is 4.33. The molecule has 0 N–H and O–H groups in total. The molecule has 4 aromatic rings. The SMILES string of the molecule is Cc1ccc(CN2C(=O)C(=c3sc4ncnn4c3=O)c3ccccc32)cc1. The molecule has 0 spiro atoms. The van der Waals surface area contributed by atoms with Gasteiger partial charge in [-0.2, -0.15) is 9.61 Å². The number of hydrogen-bond donors (Lipinski definition) is 0. The zero-order chi connectivity index (χ0) is 18.5. The fourth-order valence-electron chi connectivity index (χ4n) is 3.36. The van der Waals surface area contributed by atoms with Crippen LogP contribution in [-0.2, 0) is 11.3 Å². The van der Waals surface area contributed by atoms with Crippen LogP contribution in [0, 0.1) is 6.92 Å². The lowest BCUT2D eigenvalue weighted by Gasteiger charge is -2.17. The number of hydrogen-bond acceptors (Lipinski definition) is 5. The summed E-state index contributed by atoms with van der Waals surface area (Å²) in [6.45, 7) is 2.48. The number of amides is 1. The van der Waals surface area contributed by atoms with Crippen molar-refractivity contribution in [3.8, 4) is 0 Å². The Balaban J connectivity index is 1.71. The third-order valence-electron chi connectivity index (χ3n) is 4.71. The van der Waals surface area contributed by atoms with Gasteiger partial charge in [-0.25, -0.2) is 4.98 Å². The summed E-state index contributed by atoms with van der Waals surface area (Å²) in [7, 11) is 0. The summed E-state index contributed by atoms with van der Waals surface area (Å²) in [4.78, 5) is 32.3. The average molecular weight is 374 g/mol. The van der Waals surface area contributed by atoms with Crippen molar-refractivity contribution in [3.63, 3.8) is 0 Å². The maximum absolute atomic E-state index is 13.3. The van der Waals surface area contributed by atoms with Crippen LogP contribution in [0.2, 0.25) is 0 Å². The summed E-state index contributed by atoms with van der Waals surface area (Å²) in [5.41, 5.74) is 3.93. The largest absolute Gasteiger partial charge is 0.303 e. The van der Waals surface area contributed by atoms with Crippen LogP contribution in [-0.4, -0.2) is 20.5 Å².